The first-order valence-electron chi connectivity index (χ1n) is 6.55. The number of nitrogens with one attached hydrogen (secondary N) is 2. The average molecular weight is 307 g/mol. The van der Waals surface area contributed by atoms with Crippen LogP contribution in [0.2, 0.25) is 5.02 Å². The fourth-order valence-electron chi connectivity index (χ4n) is 1.98. The maximum atomic E-state index is 12.9. The fourth-order valence-corrected chi connectivity index (χ4v) is 2.21. The first-order valence-corrected chi connectivity index (χ1v) is 6.92. The zero-order valence-corrected chi connectivity index (χ0v) is 12.5. The summed E-state index contributed by atoms with van der Waals surface area (Å²) in [6.45, 7) is 3.40. The molecule has 0 bridgehead atoms. The lowest BCUT2D eigenvalue weighted by molar-refractivity contribution is -0.114. The predicted molar refractivity (Wildman–Crippen MR) is 84.2 cm³/mol. The second kappa shape index (κ2) is 6.59. The van der Waals surface area contributed by atoms with Gasteiger partial charge in [0.2, 0.25) is 5.91 Å². The van der Waals surface area contributed by atoms with Crippen LogP contribution in [0.3, 0.4) is 0 Å². The third kappa shape index (κ3) is 4.20. The number of hydrogen-bond acceptors (Lipinski definition) is 2. The molecular weight excluding hydrogens is 291 g/mol. The van der Waals surface area contributed by atoms with Crippen molar-refractivity contribution in [2.75, 3.05) is 10.6 Å². The Bertz CT molecular complexity index is 643. The summed E-state index contributed by atoms with van der Waals surface area (Å²) in [7, 11) is 0. The largest absolute Gasteiger partial charge is 0.378 e. The summed E-state index contributed by atoms with van der Waals surface area (Å²) < 4.78 is 12.9. The summed E-state index contributed by atoms with van der Waals surface area (Å²) in [5.74, 6) is -0.425. The van der Waals surface area contributed by atoms with Crippen LogP contribution in [0, 0.1) is 5.82 Å². The van der Waals surface area contributed by atoms with E-state index < -0.39 is 0 Å². The average Bonchev–Trinajstić information content (AvgIpc) is 2.42. The molecule has 110 valence electrons. The molecule has 0 saturated carbocycles. The molecule has 1 amide bonds. The second-order valence-corrected chi connectivity index (χ2v) is 5.20. The molecule has 0 aromatic heterocycles. The lowest BCUT2D eigenvalue weighted by Gasteiger charge is -2.16. The molecule has 2 aromatic rings. The molecule has 2 rings (SSSR count). The van der Waals surface area contributed by atoms with Gasteiger partial charge in [-0.3, -0.25) is 4.79 Å². The monoisotopic (exact) mass is 306 g/mol. The number of halogens is 2. The Kier molecular flexibility index (Phi) is 4.81. The van der Waals surface area contributed by atoms with Crippen molar-refractivity contribution in [3.63, 3.8) is 0 Å². The van der Waals surface area contributed by atoms with Gasteiger partial charge < -0.3 is 10.6 Å². The molecule has 1 unspecified atom stereocenters. The standard InChI is InChI=1S/C16H16ClFN2O/c1-10(12-3-5-13(18)6-4-12)19-14-7-8-16(15(17)9-14)20-11(2)21/h3-10,19H,1-2H3,(H,20,21). The highest BCUT2D eigenvalue weighted by Gasteiger charge is 2.08. The van der Waals surface area contributed by atoms with Crippen LogP contribution in [0.5, 0.6) is 0 Å². The Morgan fingerprint density at radius 1 is 1.19 bits per heavy atom. The molecule has 5 heteroatoms. The molecule has 21 heavy (non-hydrogen) atoms. The van der Waals surface area contributed by atoms with Crippen molar-refractivity contribution in [2.24, 2.45) is 0 Å². The first-order chi connectivity index (χ1) is 9.95. The summed E-state index contributed by atoms with van der Waals surface area (Å²) in [5, 5.41) is 6.39. The van der Waals surface area contributed by atoms with Crippen molar-refractivity contribution in [1.82, 2.24) is 0 Å². The van der Waals surface area contributed by atoms with Gasteiger partial charge in [0.15, 0.2) is 0 Å². The molecular formula is C16H16ClFN2O. The highest BCUT2D eigenvalue weighted by molar-refractivity contribution is 6.34. The maximum Gasteiger partial charge on any atom is 0.221 e. The molecule has 0 radical (unpaired) electrons. The van der Waals surface area contributed by atoms with Gasteiger partial charge in [-0.25, -0.2) is 4.39 Å². The number of carbonyl (C=O) groups is 1. The topological polar surface area (TPSA) is 41.1 Å². The normalized spacial score (nSPS) is 11.8. The Balaban J connectivity index is 2.10. The SMILES string of the molecule is CC(=O)Nc1ccc(NC(C)c2ccc(F)cc2)cc1Cl. The van der Waals surface area contributed by atoms with Gasteiger partial charge in [0.05, 0.1) is 10.7 Å². The van der Waals surface area contributed by atoms with Crippen LogP contribution in [-0.2, 0) is 4.79 Å². The third-order valence-corrected chi connectivity index (χ3v) is 3.35. The molecule has 0 aliphatic rings. The van der Waals surface area contributed by atoms with E-state index in [2.05, 4.69) is 10.6 Å². The zero-order chi connectivity index (χ0) is 15.4. The number of carbonyl (C=O) groups excluding carboxylic acids is 1. The van der Waals surface area contributed by atoms with Crippen LogP contribution < -0.4 is 10.6 Å². The van der Waals surface area contributed by atoms with Crippen molar-refractivity contribution in [3.05, 3.63) is 58.9 Å². The molecule has 2 aromatic carbocycles. The van der Waals surface area contributed by atoms with E-state index in [1.807, 2.05) is 13.0 Å². The van der Waals surface area contributed by atoms with Crippen LogP contribution in [0.1, 0.15) is 25.5 Å². The first kappa shape index (κ1) is 15.3. The minimum Gasteiger partial charge on any atom is -0.378 e. The zero-order valence-electron chi connectivity index (χ0n) is 11.8. The highest BCUT2D eigenvalue weighted by atomic mass is 35.5. The van der Waals surface area contributed by atoms with Gasteiger partial charge in [-0.2, -0.15) is 0 Å². The number of hydrogen-bond donors (Lipinski definition) is 2. The minimum atomic E-state index is -0.256. The van der Waals surface area contributed by atoms with Gasteiger partial charge in [-0.05, 0) is 42.8 Å². The van der Waals surface area contributed by atoms with E-state index in [9.17, 15) is 9.18 Å². The molecule has 0 heterocycles. The predicted octanol–water partition coefficient (Wildman–Crippen LogP) is 4.61. The molecule has 0 spiro atoms. The lowest BCUT2D eigenvalue weighted by Crippen LogP contribution is -2.08. The van der Waals surface area contributed by atoms with E-state index in [1.54, 1.807) is 24.3 Å². The highest BCUT2D eigenvalue weighted by Crippen LogP contribution is 2.27. The third-order valence-electron chi connectivity index (χ3n) is 3.03. The Hall–Kier alpha value is -2.07. The summed E-state index contributed by atoms with van der Waals surface area (Å²) in [6.07, 6.45) is 0. The molecule has 0 saturated heterocycles. The van der Waals surface area contributed by atoms with E-state index in [0.717, 1.165) is 11.3 Å². The summed E-state index contributed by atoms with van der Waals surface area (Å²) in [6, 6.07) is 11.7. The number of anilines is 2. The second-order valence-electron chi connectivity index (χ2n) is 4.79. The van der Waals surface area contributed by atoms with Crippen LogP contribution in [0.15, 0.2) is 42.5 Å². The number of amides is 1. The van der Waals surface area contributed by atoms with Gasteiger partial charge in [0, 0.05) is 18.7 Å². The minimum absolute atomic E-state index is 0.00767. The lowest BCUT2D eigenvalue weighted by atomic mass is 10.1. The van der Waals surface area contributed by atoms with E-state index in [-0.39, 0.29) is 17.8 Å². The van der Waals surface area contributed by atoms with Crippen LogP contribution in [0.25, 0.3) is 0 Å². The Morgan fingerprint density at radius 3 is 2.43 bits per heavy atom. The Morgan fingerprint density at radius 2 is 1.86 bits per heavy atom. The molecule has 0 aliphatic heterocycles. The van der Waals surface area contributed by atoms with E-state index in [4.69, 9.17) is 11.6 Å². The van der Waals surface area contributed by atoms with Gasteiger partial charge in [0.25, 0.3) is 0 Å². The van der Waals surface area contributed by atoms with E-state index in [1.165, 1.54) is 19.1 Å². The van der Waals surface area contributed by atoms with E-state index in [0.29, 0.717) is 10.7 Å². The fraction of sp³-hybridized carbons (Fsp3) is 0.188. The van der Waals surface area contributed by atoms with Crippen LogP contribution in [-0.4, -0.2) is 5.91 Å². The molecule has 2 N–H and O–H groups in total. The maximum absolute atomic E-state index is 12.9. The van der Waals surface area contributed by atoms with Gasteiger partial charge in [0.1, 0.15) is 5.82 Å². The number of benzene rings is 2. The van der Waals surface area contributed by atoms with E-state index >= 15 is 0 Å². The number of rotatable bonds is 4. The van der Waals surface area contributed by atoms with Crippen LogP contribution in [0.4, 0.5) is 15.8 Å². The Labute approximate surface area is 128 Å². The van der Waals surface area contributed by atoms with Gasteiger partial charge in [-0.1, -0.05) is 23.7 Å². The molecule has 0 aliphatic carbocycles. The van der Waals surface area contributed by atoms with Crippen molar-refractivity contribution >= 4 is 28.9 Å². The molecule has 1 atom stereocenters. The van der Waals surface area contributed by atoms with Gasteiger partial charge in [-0.15, -0.1) is 0 Å². The summed E-state index contributed by atoms with van der Waals surface area (Å²) in [4.78, 5) is 11.0. The van der Waals surface area contributed by atoms with Crippen molar-refractivity contribution in [1.29, 1.82) is 0 Å². The van der Waals surface area contributed by atoms with Crippen molar-refractivity contribution in [2.45, 2.75) is 19.9 Å². The van der Waals surface area contributed by atoms with Crippen LogP contribution >= 0.6 is 11.6 Å². The summed E-state index contributed by atoms with van der Waals surface area (Å²) in [5.41, 5.74) is 2.37. The quantitative estimate of drug-likeness (QED) is 0.866. The molecule has 0 fully saturated rings. The molecule has 3 nitrogen and oxygen atoms in total. The van der Waals surface area contributed by atoms with Crippen molar-refractivity contribution in [3.8, 4) is 0 Å². The van der Waals surface area contributed by atoms with Crippen molar-refractivity contribution < 1.29 is 9.18 Å². The summed E-state index contributed by atoms with van der Waals surface area (Å²) >= 11 is 6.12. The smallest absolute Gasteiger partial charge is 0.221 e. The van der Waals surface area contributed by atoms with Gasteiger partial charge >= 0.3 is 0 Å².